The van der Waals surface area contributed by atoms with Gasteiger partial charge in [-0.15, -0.1) is 0 Å². The Labute approximate surface area is 318 Å². The first-order chi connectivity index (χ1) is 25.7. The highest BCUT2D eigenvalue weighted by Gasteiger charge is 2.81. The zero-order chi connectivity index (χ0) is 40.7. The number of esters is 6. The second-order valence-electron chi connectivity index (χ2n) is 15.3. The van der Waals surface area contributed by atoms with Crippen LogP contribution >= 0.6 is 0 Å². The minimum absolute atomic E-state index is 0.0496. The molecule has 0 unspecified atom stereocenters. The summed E-state index contributed by atoms with van der Waals surface area (Å²) < 4.78 is 41.9. The Kier molecular flexibility index (Phi) is 11.5. The van der Waals surface area contributed by atoms with Crippen molar-refractivity contribution in [2.24, 2.45) is 28.1 Å². The van der Waals surface area contributed by atoms with E-state index in [0.717, 1.165) is 34.6 Å². The van der Waals surface area contributed by atoms with Crippen molar-refractivity contribution in [3.05, 3.63) is 54.1 Å². The van der Waals surface area contributed by atoms with E-state index in [-0.39, 0.29) is 31.6 Å². The van der Waals surface area contributed by atoms with Gasteiger partial charge in [-0.05, 0) is 24.1 Å². The van der Waals surface area contributed by atoms with Crippen molar-refractivity contribution < 1.29 is 71.8 Å². The van der Waals surface area contributed by atoms with E-state index < -0.39 is 112 Å². The third-order valence-corrected chi connectivity index (χ3v) is 11.9. The first-order valence-electron chi connectivity index (χ1n) is 18.0. The SMILES string of the molecule is C=C1[C@@H](OC(=O)/C=C/c2ccccc2)C[C@H](OC(C)=O)[C@@]2(COC(C)=O)[C@@H](OC(C)=O)[C@H](OC(C)=O)[C@@]3(O)[C@]4(C)COC[C@]3(C)[C@@H](CC4=O)[C@@H](OC(C)=O)[C@H]12. The van der Waals surface area contributed by atoms with Crippen molar-refractivity contribution >= 4 is 47.7 Å². The number of hydrogen-bond donors (Lipinski definition) is 1. The van der Waals surface area contributed by atoms with E-state index in [1.54, 1.807) is 31.2 Å². The van der Waals surface area contributed by atoms with E-state index in [4.69, 9.17) is 33.2 Å². The van der Waals surface area contributed by atoms with Gasteiger partial charge in [0.25, 0.3) is 0 Å². The largest absolute Gasteiger partial charge is 0.465 e. The van der Waals surface area contributed by atoms with Crippen LogP contribution in [0.1, 0.15) is 66.9 Å². The average Bonchev–Trinajstić information content (AvgIpc) is 3.09. The Morgan fingerprint density at radius 2 is 1.44 bits per heavy atom. The molecular weight excluding hydrogens is 720 g/mol. The number of rotatable bonds is 9. The van der Waals surface area contributed by atoms with E-state index in [1.165, 1.54) is 19.1 Å². The lowest BCUT2D eigenvalue weighted by Gasteiger charge is -2.70. The molecule has 4 aliphatic rings. The third-order valence-electron chi connectivity index (χ3n) is 11.9. The summed E-state index contributed by atoms with van der Waals surface area (Å²) >= 11 is 0. The second-order valence-corrected chi connectivity index (χ2v) is 15.3. The van der Waals surface area contributed by atoms with E-state index in [9.17, 15) is 38.7 Å². The highest BCUT2D eigenvalue weighted by molar-refractivity contribution is 5.89. The Morgan fingerprint density at radius 3 is 2.02 bits per heavy atom. The molecular formula is C40H48O15. The summed E-state index contributed by atoms with van der Waals surface area (Å²) in [5.41, 5.74) is -7.17. The molecule has 55 heavy (non-hydrogen) atoms. The van der Waals surface area contributed by atoms with E-state index in [0.29, 0.717) is 5.56 Å². The molecule has 1 heterocycles. The van der Waals surface area contributed by atoms with E-state index in [1.807, 2.05) is 6.07 Å². The van der Waals surface area contributed by atoms with Crippen molar-refractivity contribution in [3.8, 4) is 0 Å². The molecule has 1 aliphatic heterocycles. The number of hydrogen-bond acceptors (Lipinski definition) is 15. The van der Waals surface area contributed by atoms with Crippen LogP contribution in [-0.2, 0) is 66.7 Å². The van der Waals surface area contributed by atoms with Crippen LogP contribution in [0.2, 0.25) is 0 Å². The number of ketones is 1. The maximum Gasteiger partial charge on any atom is 0.331 e. The molecule has 1 aromatic carbocycles. The normalized spacial score (nSPS) is 36.6. The maximum atomic E-state index is 14.4. The maximum absolute atomic E-state index is 14.4. The first kappa shape index (κ1) is 41.3. The number of fused-ring (bicyclic) bond motifs is 1. The molecule has 5 rings (SSSR count). The Hall–Kier alpha value is -4.89. The summed E-state index contributed by atoms with van der Waals surface area (Å²) in [4.78, 5) is 93.2. The number of carbonyl (C=O) groups excluding carboxylic acids is 7. The lowest BCUT2D eigenvalue weighted by atomic mass is 9.39. The summed E-state index contributed by atoms with van der Waals surface area (Å²) in [5, 5.41) is 13.4. The summed E-state index contributed by atoms with van der Waals surface area (Å²) in [6.07, 6.45) is -6.09. The topological polar surface area (TPSA) is 204 Å². The predicted octanol–water partition coefficient (Wildman–Crippen LogP) is 2.84. The van der Waals surface area contributed by atoms with Gasteiger partial charge in [-0.2, -0.15) is 0 Å². The van der Waals surface area contributed by atoms with Crippen molar-refractivity contribution in [1.29, 1.82) is 0 Å². The number of carbonyl (C=O) groups is 7. The van der Waals surface area contributed by atoms with Gasteiger partial charge in [0.05, 0.1) is 24.0 Å². The smallest absolute Gasteiger partial charge is 0.331 e. The molecule has 15 heteroatoms. The van der Waals surface area contributed by atoms with Gasteiger partial charge in [0.1, 0.15) is 36.3 Å². The molecule has 0 radical (unpaired) electrons. The Morgan fingerprint density at radius 1 is 0.836 bits per heavy atom. The predicted molar refractivity (Wildman–Crippen MR) is 189 cm³/mol. The first-order valence-corrected chi connectivity index (χ1v) is 18.0. The monoisotopic (exact) mass is 768 g/mol. The van der Waals surface area contributed by atoms with Crippen LogP contribution in [0.3, 0.4) is 0 Å². The minimum Gasteiger partial charge on any atom is -0.465 e. The van der Waals surface area contributed by atoms with Crippen LogP contribution in [0.5, 0.6) is 0 Å². The number of Topliss-reactive ketones (excluding diaryl/α,β-unsaturated/α-hetero) is 1. The molecule has 11 atom stereocenters. The van der Waals surface area contributed by atoms with Gasteiger partial charge in [-0.25, -0.2) is 4.79 Å². The zero-order valence-electron chi connectivity index (χ0n) is 32.0. The fraction of sp³-hybridized carbons (Fsp3) is 0.575. The fourth-order valence-corrected chi connectivity index (χ4v) is 9.59. The molecule has 0 spiro atoms. The highest BCUT2D eigenvalue weighted by atomic mass is 16.6. The third kappa shape index (κ3) is 7.08. The molecule has 0 amide bonds. The summed E-state index contributed by atoms with van der Waals surface area (Å²) in [5.74, 6) is -8.37. The molecule has 3 saturated carbocycles. The minimum atomic E-state index is -2.43. The summed E-state index contributed by atoms with van der Waals surface area (Å²) in [6, 6.07) is 8.91. The van der Waals surface area contributed by atoms with Crippen LogP contribution < -0.4 is 0 Å². The van der Waals surface area contributed by atoms with Crippen molar-refractivity contribution in [2.45, 2.75) is 97.4 Å². The van der Waals surface area contributed by atoms with Crippen molar-refractivity contribution in [3.63, 3.8) is 0 Å². The van der Waals surface area contributed by atoms with Gasteiger partial charge in [0, 0.05) is 70.8 Å². The van der Waals surface area contributed by atoms with Crippen LogP contribution in [0.25, 0.3) is 6.08 Å². The number of ether oxygens (including phenoxy) is 7. The summed E-state index contributed by atoms with van der Waals surface area (Å²) in [7, 11) is 0. The Balaban J connectivity index is 1.86. The van der Waals surface area contributed by atoms with Gasteiger partial charge in [-0.3, -0.25) is 28.8 Å². The lowest BCUT2D eigenvalue weighted by molar-refractivity contribution is -0.349. The van der Waals surface area contributed by atoms with E-state index >= 15 is 0 Å². The van der Waals surface area contributed by atoms with Crippen LogP contribution in [0.4, 0.5) is 0 Å². The fourth-order valence-electron chi connectivity index (χ4n) is 9.59. The lowest BCUT2D eigenvalue weighted by Crippen LogP contribution is -2.84. The molecule has 3 aliphatic carbocycles. The summed E-state index contributed by atoms with van der Waals surface area (Å²) in [6.45, 7) is 11.5. The molecule has 4 bridgehead atoms. The molecule has 0 aromatic heterocycles. The van der Waals surface area contributed by atoms with E-state index in [2.05, 4.69) is 6.58 Å². The zero-order valence-corrected chi connectivity index (χ0v) is 32.0. The number of benzene rings is 1. The van der Waals surface area contributed by atoms with Gasteiger partial charge >= 0.3 is 35.8 Å². The Bertz CT molecular complexity index is 1790. The molecule has 298 valence electrons. The van der Waals surface area contributed by atoms with Gasteiger partial charge in [0.2, 0.25) is 0 Å². The van der Waals surface area contributed by atoms with Gasteiger partial charge < -0.3 is 38.3 Å². The van der Waals surface area contributed by atoms with Crippen LogP contribution in [0.15, 0.2) is 48.6 Å². The quantitative estimate of drug-likeness (QED) is 0.166. The molecule has 1 saturated heterocycles. The number of aliphatic hydroxyl groups is 1. The molecule has 4 fully saturated rings. The highest BCUT2D eigenvalue weighted by Crippen LogP contribution is 2.67. The molecule has 1 N–H and O–H groups in total. The average molecular weight is 769 g/mol. The van der Waals surface area contributed by atoms with Gasteiger partial charge in [-0.1, -0.05) is 43.8 Å². The van der Waals surface area contributed by atoms with Gasteiger partial charge in [0.15, 0.2) is 12.2 Å². The standard InChI is InChI=1S/C40H48O15/c1-21-29(55-32(47)15-14-27-12-10-9-11-13-27)17-31(51-23(3)42)39(20-50-22(2)41)33(21)34(52-24(4)43)28-16-30(46)38(8)19-49-18-37(28,7)40(38,48)36(54-26(6)45)35(39)53-25(5)44/h9-15,28-29,31,33-36,48H,1,16-20H2,2-8H3/b15-14+/t28-,29-,31-,33-,34+,35-,36-,37+,38+,39+,40-/m0/s1. The van der Waals surface area contributed by atoms with Crippen LogP contribution in [0, 0.1) is 28.1 Å². The molecule has 1 aromatic rings. The van der Waals surface area contributed by atoms with Crippen molar-refractivity contribution in [2.75, 3.05) is 19.8 Å². The van der Waals surface area contributed by atoms with Crippen LogP contribution in [-0.4, -0.2) is 103 Å². The molecule has 15 nitrogen and oxygen atoms in total. The van der Waals surface area contributed by atoms with Crippen molar-refractivity contribution in [1.82, 2.24) is 0 Å². The second kappa shape index (κ2) is 15.3.